The standard InChI is InChI=1S/C11H12N2O2/c14-12-6-7-1-4-10-9(5-7)13-11(15-10)8-2-3-8/h1,4-5,8,12,14H,2-3,6H2. The van der Waals surface area contributed by atoms with Gasteiger partial charge in [0.25, 0.3) is 0 Å². The molecule has 0 atom stereocenters. The molecule has 2 aromatic rings. The van der Waals surface area contributed by atoms with E-state index in [-0.39, 0.29) is 0 Å². The lowest BCUT2D eigenvalue weighted by Crippen LogP contribution is -2.05. The molecule has 1 aromatic heterocycles. The molecule has 2 N–H and O–H groups in total. The van der Waals surface area contributed by atoms with E-state index < -0.39 is 0 Å². The summed E-state index contributed by atoms with van der Waals surface area (Å²) in [4.78, 5) is 4.44. The third-order valence-electron chi connectivity index (χ3n) is 2.68. The van der Waals surface area contributed by atoms with Gasteiger partial charge >= 0.3 is 0 Å². The van der Waals surface area contributed by atoms with Gasteiger partial charge in [0, 0.05) is 12.5 Å². The molecule has 0 radical (unpaired) electrons. The molecular weight excluding hydrogens is 192 g/mol. The highest BCUT2D eigenvalue weighted by atomic mass is 16.5. The number of nitrogens with zero attached hydrogens (tertiary/aromatic N) is 1. The molecule has 4 nitrogen and oxygen atoms in total. The Morgan fingerprint density at radius 3 is 3.07 bits per heavy atom. The molecule has 0 spiro atoms. The van der Waals surface area contributed by atoms with Crippen LogP contribution in [-0.2, 0) is 6.54 Å². The van der Waals surface area contributed by atoms with E-state index in [1.54, 1.807) is 0 Å². The SMILES string of the molecule is ONCc1ccc2oc(C3CC3)nc2c1. The molecule has 0 bridgehead atoms. The van der Waals surface area contributed by atoms with Crippen LogP contribution in [-0.4, -0.2) is 10.2 Å². The number of aromatic nitrogens is 1. The lowest BCUT2D eigenvalue weighted by molar-refractivity contribution is 0.161. The van der Waals surface area contributed by atoms with E-state index in [4.69, 9.17) is 9.62 Å². The molecule has 15 heavy (non-hydrogen) atoms. The van der Waals surface area contributed by atoms with Gasteiger partial charge in [0.2, 0.25) is 0 Å². The molecule has 0 saturated heterocycles. The van der Waals surface area contributed by atoms with Crippen molar-refractivity contribution in [2.45, 2.75) is 25.3 Å². The van der Waals surface area contributed by atoms with Gasteiger partial charge in [-0.25, -0.2) is 10.5 Å². The molecular formula is C11H12N2O2. The van der Waals surface area contributed by atoms with Gasteiger partial charge < -0.3 is 9.62 Å². The van der Waals surface area contributed by atoms with Gasteiger partial charge in [0.1, 0.15) is 5.52 Å². The van der Waals surface area contributed by atoms with Gasteiger partial charge in [-0.3, -0.25) is 0 Å². The summed E-state index contributed by atoms with van der Waals surface area (Å²) in [7, 11) is 0. The topological polar surface area (TPSA) is 58.3 Å². The first-order valence-corrected chi connectivity index (χ1v) is 5.13. The molecule has 4 heteroatoms. The fourth-order valence-electron chi connectivity index (χ4n) is 1.70. The Hall–Kier alpha value is -1.39. The van der Waals surface area contributed by atoms with Gasteiger partial charge in [-0.05, 0) is 30.5 Å². The van der Waals surface area contributed by atoms with Crippen LogP contribution >= 0.6 is 0 Å². The number of nitrogens with one attached hydrogen (secondary N) is 1. The van der Waals surface area contributed by atoms with Crippen LogP contribution in [0, 0.1) is 0 Å². The maximum atomic E-state index is 8.60. The Morgan fingerprint density at radius 2 is 2.33 bits per heavy atom. The van der Waals surface area contributed by atoms with Gasteiger partial charge in [0.15, 0.2) is 11.5 Å². The summed E-state index contributed by atoms with van der Waals surface area (Å²) in [5.41, 5.74) is 4.84. The number of hydroxylamine groups is 1. The molecule has 3 rings (SSSR count). The van der Waals surface area contributed by atoms with Crippen molar-refractivity contribution in [3.63, 3.8) is 0 Å². The van der Waals surface area contributed by atoms with Crippen molar-refractivity contribution in [3.05, 3.63) is 29.7 Å². The minimum atomic E-state index is 0.432. The van der Waals surface area contributed by atoms with E-state index in [9.17, 15) is 0 Å². The van der Waals surface area contributed by atoms with Crippen LogP contribution in [0.2, 0.25) is 0 Å². The summed E-state index contributed by atoms with van der Waals surface area (Å²) in [6.45, 7) is 0.432. The highest BCUT2D eigenvalue weighted by Gasteiger charge is 2.28. The molecule has 0 amide bonds. The van der Waals surface area contributed by atoms with Crippen LogP contribution in [0.3, 0.4) is 0 Å². The summed E-state index contributed by atoms with van der Waals surface area (Å²) in [6, 6.07) is 5.77. The van der Waals surface area contributed by atoms with E-state index in [1.807, 2.05) is 18.2 Å². The highest BCUT2D eigenvalue weighted by molar-refractivity contribution is 5.73. The fourth-order valence-corrected chi connectivity index (χ4v) is 1.70. The molecule has 1 aliphatic carbocycles. The van der Waals surface area contributed by atoms with E-state index in [2.05, 4.69) is 10.5 Å². The van der Waals surface area contributed by atoms with Crippen LogP contribution in [0.5, 0.6) is 0 Å². The van der Waals surface area contributed by atoms with E-state index in [0.717, 1.165) is 22.6 Å². The second-order valence-electron chi connectivity index (χ2n) is 3.96. The molecule has 1 aliphatic rings. The van der Waals surface area contributed by atoms with E-state index >= 15 is 0 Å². The van der Waals surface area contributed by atoms with Crippen LogP contribution < -0.4 is 5.48 Å². The monoisotopic (exact) mass is 204 g/mol. The van der Waals surface area contributed by atoms with Crippen LogP contribution in [0.15, 0.2) is 22.6 Å². The van der Waals surface area contributed by atoms with Gasteiger partial charge in [-0.2, -0.15) is 0 Å². The average Bonchev–Trinajstić information content (AvgIpc) is 2.99. The van der Waals surface area contributed by atoms with Crippen molar-refractivity contribution < 1.29 is 9.62 Å². The predicted molar refractivity (Wildman–Crippen MR) is 54.6 cm³/mol. The summed E-state index contributed by atoms with van der Waals surface area (Å²) in [6.07, 6.45) is 2.38. The second-order valence-corrected chi connectivity index (χ2v) is 3.96. The molecule has 0 unspecified atom stereocenters. The molecule has 1 aromatic carbocycles. The Balaban J connectivity index is 2.02. The molecule has 1 fully saturated rings. The first kappa shape index (κ1) is 8.88. The summed E-state index contributed by atoms with van der Waals surface area (Å²) < 4.78 is 5.63. The third kappa shape index (κ3) is 1.62. The first-order valence-electron chi connectivity index (χ1n) is 5.13. The second kappa shape index (κ2) is 3.32. The zero-order valence-electron chi connectivity index (χ0n) is 8.23. The number of hydrogen-bond acceptors (Lipinski definition) is 4. The predicted octanol–water partition coefficient (Wildman–Crippen LogP) is 2.18. The number of hydrogen-bond donors (Lipinski definition) is 2. The lowest BCUT2D eigenvalue weighted by Gasteiger charge is -1.96. The first-order chi connectivity index (χ1) is 7.36. The Bertz CT molecular complexity index is 488. The fraction of sp³-hybridized carbons (Fsp3) is 0.364. The maximum Gasteiger partial charge on any atom is 0.198 e. The molecule has 1 heterocycles. The van der Waals surface area contributed by atoms with Gasteiger partial charge in [-0.1, -0.05) is 6.07 Å². The average molecular weight is 204 g/mol. The third-order valence-corrected chi connectivity index (χ3v) is 2.68. The number of oxazole rings is 1. The van der Waals surface area contributed by atoms with Crippen molar-refractivity contribution in [2.24, 2.45) is 0 Å². The Kier molecular flexibility index (Phi) is 1.97. The summed E-state index contributed by atoms with van der Waals surface area (Å²) in [5, 5.41) is 8.60. The van der Waals surface area contributed by atoms with Crippen LogP contribution in [0.25, 0.3) is 11.1 Å². The maximum absolute atomic E-state index is 8.60. The van der Waals surface area contributed by atoms with Crippen LogP contribution in [0.4, 0.5) is 0 Å². The van der Waals surface area contributed by atoms with Crippen molar-refractivity contribution in [3.8, 4) is 0 Å². The lowest BCUT2D eigenvalue weighted by atomic mass is 10.2. The highest BCUT2D eigenvalue weighted by Crippen LogP contribution is 2.40. The number of fused-ring (bicyclic) bond motifs is 1. The van der Waals surface area contributed by atoms with Gasteiger partial charge in [-0.15, -0.1) is 0 Å². The van der Waals surface area contributed by atoms with E-state index in [1.165, 1.54) is 12.8 Å². The Labute approximate surface area is 86.9 Å². The summed E-state index contributed by atoms with van der Waals surface area (Å²) in [5.74, 6) is 1.40. The summed E-state index contributed by atoms with van der Waals surface area (Å²) >= 11 is 0. The molecule has 0 aliphatic heterocycles. The molecule has 78 valence electrons. The largest absolute Gasteiger partial charge is 0.440 e. The molecule has 1 saturated carbocycles. The quantitative estimate of drug-likeness (QED) is 0.752. The number of benzene rings is 1. The minimum Gasteiger partial charge on any atom is -0.440 e. The Morgan fingerprint density at radius 1 is 1.47 bits per heavy atom. The normalized spacial score (nSPS) is 16.1. The zero-order chi connectivity index (χ0) is 10.3. The zero-order valence-corrected chi connectivity index (χ0v) is 8.23. The van der Waals surface area contributed by atoms with Crippen LogP contribution in [0.1, 0.15) is 30.2 Å². The minimum absolute atomic E-state index is 0.432. The van der Waals surface area contributed by atoms with Crippen molar-refractivity contribution >= 4 is 11.1 Å². The number of rotatable bonds is 3. The van der Waals surface area contributed by atoms with Crippen molar-refractivity contribution in [1.29, 1.82) is 0 Å². The van der Waals surface area contributed by atoms with Crippen molar-refractivity contribution in [2.75, 3.05) is 0 Å². The van der Waals surface area contributed by atoms with Gasteiger partial charge in [0.05, 0.1) is 0 Å². The smallest absolute Gasteiger partial charge is 0.198 e. The van der Waals surface area contributed by atoms with Crippen molar-refractivity contribution in [1.82, 2.24) is 10.5 Å². The van der Waals surface area contributed by atoms with E-state index in [0.29, 0.717) is 12.5 Å².